The number of aromatic nitrogens is 2. The molecule has 0 radical (unpaired) electrons. The van der Waals surface area contributed by atoms with Gasteiger partial charge in [0.15, 0.2) is 0 Å². The summed E-state index contributed by atoms with van der Waals surface area (Å²) in [5.41, 5.74) is 5.67. The van der Waals surface area contributed by atoms with Crippen LogP contribution in [0.3, 0.4) is 0 Å². The van der Waals surface area contributed by atoms with Crippen LogP contribution in [0.25, 0.3) is 0 Å². The molecule has 1 aromatic heterocycles. The summed E-state index contributed by atoms with van der Waals surface area (Å²) in [6.07, 6.45) is 0. The number of thioether (sulfide) groups is 1. The van der Waals surface area contributed by atoms with Gasteiger partial charge in [-0.3, -0.25) is 10.1 Å². The number of nitrogen functional groups attached to an aromatic ring is 1. The summed E-state index contributed by atoms with van der Waals surface area (Å²) in [5.74, 6) is 2.07. The van der Waals surface area contributed by atoms with Crippen LogP contribution in [0.5, 0.6) is 0 Å². The Morgan fingerprint density at radius 1 is 1.56 bits per heavy atom. The zero-order chi connectivity index (χ0) is 13.7. The number of hydrogen-bond acceptors (Lipinski definition) is 7. The predicted molar refractivity (Wildman–Crippen MR) is 73.9 cm³/mol. The molecule has 0 saturated carbocycles. The second-order valence-corrected chi connectivity index (χ2v) is 5.15. The molecule has 0 amide bonds. The number of aryl methyl sites for hydroxylation is 1. The second kappa shape index (κ2) is 6.39. The summed E-state index contributed by atoms with van der Waals surface area (Å²) in [6, 6.07) is 0.0716. The van der Waals surface area contributed by atoms with E-state index in [1.165, 1.54) is 0 Å². The van der Waals surface area contributed by atoms with Gasteiger partial charge in [0.25, 0.3) is 0 Å². The number of anilines is 2. The Bertz CT molecular complexity index is 441. The maximum absolute atomic E-state index is 11.0. The Kier molecular flexibility index (Phi) is 5.14. The molecule has 1 aromatic rings. The first kappa shape index (κ1) is 14.5. The van der Waals surface area contributed by atoms with Gasteiger partial charge in [0.05, 0.1) is 4.92 Å². The highest BCUT2D eigenvalue weighted by molar-refractivity contribution is 7.99. The summed E-state index contributed by atoms with van der Waals surface area (Å²) in [5, 5.41) is 14.0. The molecule has 0 aromatic carbocycles. The van der Waals surface area contributed by atoms with Crippen LogP contribution in [0, 0.1) is 17.0 Å². The van der Waals surface area contributed by atoms with Crippen molar-refractivity contribution in [3.05, 3.63) is 15.8 Å². The van der Waals surface area contributed by atoms with Crippen LogP contribution in [0.2, 0.25) is 0 Å². The molecular formula is C10H17N5O2S. The Labute approximate surface area is 110 Å². The molecule has 1 unspecified atom stereocenters. The zero-order valence-electron chi connectivity index (χ0n) is 10.6. The highest BCUT2D eigenvalue weighted by atomic mass is 32.2. The first-order valence-corrected chi connectivity index (χ1v) is 6.74. The third-order valence-corrected chi connectivity index (χ3v) is 3.36. The molecule has 0 aliphatic carbocycles. The quantitative estimate of drug-likeness (QED) is 0.600. The molecule has 0 aliphatic heterocycles. The Balaban J connectivity index is 2.96. The number of rotatable bonds is 6. The minimum atomic E-state index is -0.489. The maximum atomic E-state index is 11.0. The van der Waals surface area contributed by atoms with E-state index in [0.717, 1.165) is 11.5 Å². The van der Waals surface area contributed by atoms with Crippen molar-refractivity contribution in [1.82, 2.24) is 9.97 Å². The fourth-order valence-electron chi connectivity index (χ4n) is 1.48. The minimum Gasteiger partial charge on any atom is -0.368 e. The van der Waals surface area contributed by atoms with Gasteiger partial charge in [-0.25, -0.2) is 4.98 Å². The molecule has 0 spiro atoms. The zero-order valence-corrected chi connectivity index (χ0v) is 11.5. The third-order valence-electron chi connectivity index (χ3n) is 2.21. The fraction of sp³-hybridized carbons (Fsp3) is 0.600. The van der Waals surface area contributed by atoms with Gasteiger partial charge in [0.1, 0.15) is 5.69 Å². The lowest BCUT2D eigenvalue weighted by molar-refractivity contribution is -0.385. The van der Waals surface area contributed by atoms with Crippen LogP contribution in [-0.4, -0.2) is 32.4 Å². The van der Waals surface area contributed by atoms with Crippen molar-refractivity contribution in [1.29, 1.82) is 0 Å². The summed E-state index contributed by atoms with van der Waals surface area (Å²) in [6.45, 7) is 5.56. The molecule has 0 bridgehead atoms. The van der Waals surface area contributed by atoms with Crippen molar-refractivity contribution in [2.75, 3.05) is 22.6 Å². The Morgan fingerprint density at radius 3 is 2.78 bits per heavy atom. The molecule has 1 heterocycles. The van der Waals surface area contributed by atoms with E-state index in [2.05, 4.69) is 22.2 Å². The van der Waals surface area contributed by atoms with Crippen LogP contribution >= 0.6 is 11.8 Å². The lowest BCUT2D eigenvalue weighted by Gasteiger charge is -2.14. The van der Waals surface area contributed by atoms with Crippen molar-refractivity contribution >= 4 is 29.2 Å². The van der Waals surface area contributed by atoms with Gasteiger partial charge in [-0.1, -0.05) is 6.92 Å². The molecule has 1 atom stereocenters. The Hall–Kier alpha value is -1.57. The van der Waals surface area contributed by atoms with Crippen LogP contribution in [0.4, 0.5) is 17.5 Å². The summed E-state index contributed by atoms with van der Waals surface area (Å²) < 4.78 is 0. The predicted octanol–water partition coefficient (Wildman–Crippen LogP) is 1.83. The van der Waals surface area contributed by atoms with Gasteiger partial charge < -0.3 is 11.1 Å². The second-order valence-electron chi connectivity index (χ2n) is 3.83. The van der Waals surface area contributed by atoms with Crippen molar-refractivity contribution in [2.45, 2.75) is 26.8 Å². The van der Waals surface area contributed by atoms with Crippen molar-refractivity contribution in [3.8, 4) is 0 Å². The van der Waals surface area contributed by atoms with E-state index in [-0.39, 0.29) is 29.2 Å². The molecule has 18 heavy (non-hydrogen) atoms. The van der Waals surface area contributed by atoms with E-state index in [9.17, 15) is 10.1 Å². The normalized spacial score (nSPS) is 12.2. The van der Waals surface area contributed by atoms with Crippen LogP contribution < -0.4 is 11.1 Å². The lowest BCUT2D eigenvalue weighted by atomic mass is 10.3. The number of nitrogens with two attached hydrogens (primary N) is 1. The molecule has 8 heteroatoms. The summed E-state index contributed by atoms with van der Waals surface area (Å²) >= 11 is 1.75. The smallest absolute Gasteiger partial charge is 0.332 e. The van der Waals surface area contributed by atoms with Crippen LogP contribution in [-0.2, 0) is 0 Å². The fourth-order valence-corrected chi connectivity index (χ4v) is 2.15. The first-order chi connectivity index (χ1) is 8.45. The van der Waals surface area contributed by atoms with E-state index in [1.54, 1.807) is 18.7 Å². The number of nitrogens with zero attached hydrogens (tertiary/aromatic N) is 3. The van der Waals surface area contributed by atoms with Gasteiger partial charge in [-0.15, -0.1) is 0 Å². The number of nitro groups is 1. The molecule has 100 valence electrons. The monoisotopic (exact) mass is 271 g/mol. The average molecular weight is 271 g/mol. The van der Waals surface area contributed by atoms with Crippen LogP contribution in [0.15, 0.2) is 0 Å². The van der Waals surface area contributed by atoms with E-state index in [1.807, 2.05) is 6.92 Å². The molecule has 0 fully saturated rings. The van der Waals surface area contributed by atoms with Crippen molar-refractivity contribution in [3.63, 3.8) is 0 Å². The topological polar surface area (TPSA) is 107 Å². The van der Waals surface area contributed by atoms with E-state index in [4.69, 9.17) is 5.73 Å². The maximum Gasteiger partial charge on any atom is 0.332 e. The number of hydrogen-bond donors (Lipinski definition) is 2. The molecule has 0 saturated heterocycles. The first-order valence-electron chi connectivity index (χ1n) is 5.58. The molecule has 1 rings (SSSR count). The number of nitrogens with one attached hydrogen (secondary N) is 1. The van der Waals surface area contributed by atoms with Gasteiger partial charge in [-0.05, 0) is 19.6 Å². The highest BCUT2D eigenvalue weighted by Gasteiger charge is 2.22. The molecule has 3 N–H and O–H groups in total. The van der Waals surface area contributed by atoms with Gasteiger partial charge in [0, 0.05) is 11.8 Å². The van der Waals surface area contributed by atoms with E-state index < -0.39 is 4.92 Å². The van der Waals surface area contributed by atoms with Gasteiger partial charge in [0.2, 0.25) is 11.8 Å². The Morgan fingerprint density at radius 2 is 2.22 bits per heavy atom. The van der Waals surface area contributed by atoms with E-state index >= 15 is 0 Å². The molecular weight excluding hydrogens is 254 g/mol. The standard InChI is InChI=1S/C10H17N5O2S/c1-4-18-5-6(2)12-9-8(15(16)17)7(3)13-10(11)14-9/h6H,4-5H2,1-3H3,(H3,11,12,13,14). The molecule has 7 nitrogen and oxygen atoms in total. The average Bonchev–Trinajstić information content (AvgIpc) is 2.24. The summed E-state index contributed by atoms with van der Waals surface area (Å²) in [7, 11) is 0. The SMILES string of the molecule is CCSCC(C)Nc1nc(N)nc(C)c1[N+](=O)[O-]. The molecule has 0 aliphatic rings. The highest BCUT2D eigenvalue weighted by Crippen LogP contribution is 2.26. The van der Waals surface area contributed by atoms with Crippen molar-refractivity contribution < 1.29 is 4.92 Å². The van der Waals surface area contributed by atoms with Gasteiger partial charge >= 0.3 is 5.69 Å². The van der Waals surface area contributed by atoms with Crippen LogP contribution in [0.1, 0.15) is 19.5 Å². The van der Waals surface area contributed by atoms with Crippen molar-refractivity contribution in [2.24, 2.45) is 0 Å². The van der Waals surface area contributed by atoms with Gasteiger partial charge in [-0.2, -0.15) is 16.7 Å². The largest absolute Gasteiger partial charge is 0.368 e. The lowest BCUT2D eigenvalue weighted by Crippen LogP contribution is -2.21. The van der Waals surface area contributed by atoms with E-state index in [0.29, 0.717) is 0 Å². The third kappa shape index (κ3) is 3.73. The summed E-state index contributed by atoms with van der Waals surface area (Å²) in [4.78, 5) is 18.2. The minimum absolute atomic E-state index is 0.0379.